The van der Waals surface area contributed by atoms with Crippen molar-refractivity contribution in [2.24, 2.45) is 0 Å². The highest BCUT2D eigenvalue weighted by atomic mass is 79.9. The SMILES string of the molecule is CC(N[C@@H](C)c1ccccc1Br)c1nccs1. The molecule has 0 spiro atoms. The summed E-state index contributed by atoms with van der Waals surface area (Å²) in [6.07, 6.45) is 1.85. The summed E-state index contributed by atoms with van der Waals surface area (Å²) >= 11 is 5.27. The van der Waals surface area contributed by atoms with Gasteiger partial charge in [-0.25, -0.2) is 4.98 Å². The topological polar surface area (TPSA) is 24.9 Å². The van der Waals surface area contributed by atoms with E-state index in [0.717, 1.165) is 9.48 Å². The molecule has 2 aromatic rings. The van der Waals surface area contributed by atoms with Crippen LogP contribution in [0.2, 0.25) is 0 Å². The van der Waals surface area contributed by atoms with E-state index in [1.807, 2.05) is 17.6 Å². The molecule has 4 heteroatoms. The maximum Gasteiger partial charge on any atom is 0.109 e. The first kappa shape index (κ1) is 12.7. The predicted octanol–water partition coefficient (Wildman–Crippen LogP) is 4.32. The molecule has 1 heterocycles. The second-order valence-electron chi connectivity index (χ2n) is 4.00. The lowest BCUT2D eigenvalue weighted by Gasteiger charge is -2.19. The first-order chi connectivity index (χ1) is 8.18. The molecule has 0 aliphatic rings. The summed E-state index contributed by atoms with van der Waals surface area (Å²) in [5, 5.41) is 6.70. The van der Waals surface area contributed by atoms with Crippen LogP contribution in [0.3, 0.4) is 0 Å². The normalized spacial score (nSPS) is 14.5. The summed E-state index contributed by atoms with van der Waals surface area (Å²) in [7, 11) is 0. The van der Waals surface area contributed by atoms with Crippen LogP contribution in [0.25, 0.3) is 0 Å². The van der Waals surface area contributed by atoms with Gasteiger partial charge in [0.1, 0.15) is 5.01 Å². The van der Waals surface area contributed by atoms with Crippen molar-refractivity contribution >= 4 is 27.3 Å². The van der Waals surface area contributed by atoms with E-state index in [2.05, 4.69) is 58.3 Å². The molecule has 0 fully saturated rings. The third-order valence-corrected chi connectivity index (χ3v) is 4.37. The van der Waals surface area contributed by atoms with Crippen LogP contribution in [-0.2, 0) is 0 Å². The van der Waals surface area contributed by atoms with Crippen molar-refractivity contribution in [1.29, 1.82) is 0 Å². The van der Waals surface area contributed by atoms with Gasteiger partial charge in [0.25, 0.3) is 0 Å². The van der Waals surface area contributed by atoms with Crippen molar-refractivity contribution in [2.75, 3.05) is 0 Å². The highest BCUT2D eigenvalue weighted by Crippen LogP contribution is 2.25. The first-order valence-corrected chi connectivity index (χ1v) is 7.25. The lowest BCUT2D eigenvalue weighted by atomic mass is 10.1. The monoisotopic (exact) mass is 310 g/mol. The molecule has 1 N–H and O–H groups in total. The molecule has 0 saturated heterocycles. The summed E-state index contributed by atoms with van der Waals surface area (Å²) in [6, 6.07) is 8.87. The molecule has 17 heavy (non-hydrogen) atoms. The van der Waals surface area contributed by atoms with Gasteiger partial charge in [0, 0.05) is 22.1 Å². The lowest BCUT2D eigenvalue weighted by Crippen LogP contribution is -2.22. The molecule has 0 aliphatic carbocycles. The molecule has 0 radical (unpaired) electrons. The van der Waals surface area contributed by atoms with Gasteiger partial charge in [0.05, 0.1) is 6.04 Å². The Morgan fingerprint density at radius 3 is 2.65 bits per heavy atom. The van der Waals surface area contributed by atoms with Crippen molar-refractivity contribution < 1.29 is 0 Å². The molecular formula is C13H15BrN2S. The standard InChI is InChI=1S/C13H15BrN2S/c1-9(11-5-3-4-6-12(11)14)16-10(2)13-15-7-8-17-13/h3-10,16H,1-2H3/t9-,10?/m0/s1. The number of rotatable bonds is 4. The molecule has 0 saturated carbocycles. The minimum absolute atomic E-state index is 0.275. The fraction of sp³-hybridized carbons (Fsp3) is 0.308. The van der Waals surface area contributed by atoms with Crippen molar-refractivity contribution in [3.8, 4) is 0 Å². The van der Waals surface area contributed by atoms with Crippen molar-refractivity contribution in [2.45, 2.75) is 25.9 Å². The van der Waals surface area contributed by atoms with E-state index < -0.39 is 0 Å². The molecule has 1 unspecified atom stereocenters. The molecule has 2 atom stereocenters. The van der Waals surface area contributed by atoms with Gasteiger partial charge in [-0.3, -0.25) is 0 Å². The van der Waals surface area contributed by atoms with Crippen molar-refractivity contribution in [3.63, 3.8) is 0 Å². The zero-order valence-electron chi connectivity index (χ0n) is 9.85. The number of thiazole rings is 1. The molecule has 1 aromatic carbocycles. The van der Waals surface area contributed by atoms with Crippen LogP contribution >= 0.6 is 27.3 Å². The summed E-state index contributed by atoms with van der Waals surface area (Å²) in [4.78, 5) is 4.33. The Kier molecular flexibility index (Phi) is 4.31. The van der Waals surface area contributed by atoms with Gasteiger partial charge < -0.3 is 5.32 Å². The Hall–Kier alpha value is -0.710. The highest BCUT2D eigenvalue weighted by Gasteiger charge is 2.14. The number of benzene rings is 1. The maximum absolute atomic E-state index is 4.33. The number of aromatic nitrogens is 1. The van der Waals surface area contributed by atoms with Gasteiger partial charge in [-0.05, 0) is 25.5 Å². The summed E-state index contributed by atoms with van der Waals surface area (Å²) in [6.45, 7) is 4.32. The Morgan fingerprint density at radius 2 is 2.00 bits per heavy atom. The van der Waals surface area contributed by atoms with Gasteiger partial charge in [-0.15, -0.1) is 11.3 Å². The van der Waals surface area contributed by atoms with Gasteiger partial charge in [0.15, 0.2) is 0 Å². The third kappa shape index (κ3) is 3.15. The fourth-order valence-electron chi connectivity index (χ4n) is 1.81. The molecule has 0 aliphatic heterocycles. The van der Waals surface area contributed by atoms with Gasteiger partial charge >= 0.3 is 0 Å². The zero-order chi connectivity index (χ0) is 12.3. The van der Waals surface area contributed by atoms with Crippen LogP contribution in [0.1, 0.15) is 36.5 Å². The Bertz CT molecular complexity index is 470. The van der Waals surface area contributed by atoms with E-state index in [0.29, 0.717) is 6.04 Å². The smallest absolute Gasteiger partial charge is 0.109 e. The van der Waals surface area contributed by atoms with Crippen LogP contribution in [0, 0.1) is 0 Å². The van der Waals surface area contributed by atoms with Crippen molar-refractivity contribution in [3.05, 3.63) is 50.9 Å². The van der Waals surface area contributed by atoms with Crippen LogP contribution in [0.15, 0.2) is 40.3 Å². The summed E-state index contributed by atoms with van der Waals surface area (Å²) in [5.41, 5.74) is 1.27. The molecule has 2 nitrogen and oxygen atoms in total. The minimum atomic E-state index is 0.275. The van der Waals surface area contributed by atoms with E-state index in [-0.39, 0.29) is 6.04 Å². The van der Waals surface area contributed by atoms with Gasteiger partial charge in [-0.2, -0.15) is 0 Å². The Balaban J connectivity index is 2.07. The number of hydrogen-bond donors (Lipinski definition) is 1. The number of hydrogen-bond acceptors (Lipinski definition) is 3. The largest absolute Gasteiger partial charge is 0.301 e. The van der Waals surface area contributed by atoms with E-state index >= 15 is 0 Å². The molecule has 0 bridgehead atoms. The molecule has 0 amide bonds. The highest BCUT2D eigenvalue weighted by molar-refractivity contribution is 9.10. The Labute approximate surface area is 114 Å². The summed E-state index contributed by atoms with van der Waals surface area (Å²) < 4.78 is 1.14. The van der Waals surface area contributed by atoms with Crippen LogP contribution in [-0.4, -0.2) is 4.98 Å². The lowest BCUT2D eigenvalue weighted by molar-refractivity contribution is 0.492. The van der Waals surface area contributed by atoms with E-state index in [4.69, 9.17) is 0 Å². The fourth-order valence-corrected chi connectivity index (χ4v) is 3.09. The molecule has 2 rings (SSSR count). The summed E-state index contributed by atoms with van der Waals surface area (Å²) in [5.74, 6) is 0. The van der Waals surface area contributed by atoms with Crippen LogP contribution in [0.4, 0.5) is 0 Å². The van der Waals surface area contributed by atoms with Crippen molar-refractivity contribution in [1.82, 2.24) is 10.3 Å². The average molecular weight is 311 g/mol. The first-order valence-electron chi connectivity index (χ1n) is 5.58. The zero-order valence-corrected chi connectivity index (χ0v) is 12.3. The molecule has 1 aromatic heterocycles. The average Bonchev–Trinajstić information content (AvgIpc) is 2.82. The maximum atomic E-state index is 4.33. The van der Waals surface area contributed by atoms with Crippen LogP contribution < -0.4 is 5.32 Å². The van der Waals surface area contributed by atoms with Crippen LogP contribution in [0.5, 0.6) is 0 Å². The predicted molar refractivity (Wildman–Crippen MR) is 76.2 cm³/mol. The van der Waals surface area contributed by atoms with Gasteiger partial charge in [0.2, 0.25) is 0 Å². The quantitative estimate of drug-likeness (QED) is 0.909. The van der Waals surface area contributed by atoms with E-state index in [1.165, 1.54) is 5.56 Å². The van der Waals surface area contributed by atoms with Gasteiger partial charge in [-0.1, -0.05) is 34.1 Å². The van der Waals surface area contributed by atoms with E-state index in [9.17, 15) is 0 Å². The Morgan fingerprint density at radius 1 is 1.24 bits per heavy atom. The number of nitrogens with one attached hydrogen (secondary N) is 1. The second-order valence-corrected chi connectivity index (χ2v) is 5.78. The number of halogens is 1. The third-order valence-electron chi connectivity index (χ3n) is 2.69. The minimum Gasteiger partial charge on any atom is -0.301 e. The molecular weight excluding hydrogens is 296 g/mol. The van der Waals surface area contributed by atoms with E-state index in [1.54, 1.807) is 11.3 Å². The molecule has 90 valence electrons. The second kappa shape index (κ2) is 5.76. The number of nitrogens with zero attached hydrogens (tertiary/aromatic N) is 1.